The highest BCUT2D eigenvalue weighted by Crippen LogP contribution is 1.92. The predicted octanol–water partition coefficient (Wildman–Crippen LogP) is 2.74. The Bertz CT molecular complexity index is 37.8. The topological polar surface area (TPSA) is 0 Å². The summed E-state index contributed by atoms with van der Waals surface area (Å²) in [6, 6.07) is 0. The predicted molar refractivity (Wildman–Crippen MR) is 53.7 cm³/mol. The lowest BCUT2D eigenvalue weighted by atomic mass is 11.8. The van der Waals surface area contributed by atoms with Gasteiger partial charge in [-0.1, -0.05) is 26.2 Å². The van der Waals surface area contributed by atoms with E-state index < -0.39 is 8.07 Å². The summed E-state index contributed by atoms with van der Waals surface area (Å²) in [4.78, 5) is 0. The van der Waals surface area contributed by atoms with Gasteiger partial charge in [0, 0.05) is 8.07 Å². The first-order valence-corrected chi connectivity index (χ1v) is 13.9. The fraction of sp³-hybridized carbons (Fsp3) is 0.750. The molecule has 0 N–H and O–H groups in total. The summed E-state index contributed by atoms with van der Waals surface area (Å²) in [7, 11) is -0.861. The monoisotopic (exact) mass is 273 g/mol. The minimum absolute atomic E-state index is 0.0417. The minimum Gasteiger partial charge on any atom is -0.203 e. The molecule has 4 heteroatoms. The highest BCUT2D eigenvalue weighted by atomic mass is 79.9. The van der Waals surface area contributed by atoms with Gasteiger partial charge in [-0.15, -0.1) is 0 Å². The van der Waals surface area contributed by atoms with Gasteiger partial charge >= 0.3 is 11.6 Å². The van der Waals surface area contributed by atoms with Crippen LogP contribution >= 0.6 is 28.1 Å². The van der Waals surface area contributed by atoms with Crippen LogP contribution in [0.3, 0.4) is 0 Å². The molecule has 0 rings (SSSR count). The Hall–Kier alpha value is 1.71. The van der Waals surface area contributed by atoms with Crippen molar-refractivity contribution in [3.05, 3.63) is 6.55 Å². The Morgan fingerprint density at radius 3 is 1.25 bits per heavy atom. The Balaban J connectivity index is 0. The van der Waals surface area contributed by atoms with Crippen LogP contribution in [0.4, 0.5) is 0 Å². The SMILES string of the molecule is [Br][AlH][Br].[CH2][Si](C)(C)C. The van der Waals surface area contributed by atoms with Crippen LogP contribution < -0.4 is 0 Å². The van der Waals surface area contributed by atoms with E-state index in [-0.39, 0.29) is 11.6 Å². The molecule has 1 radical (unpaired) electrons. The maximum absolute atomic E-state index is 3.91. The fourth-order valence-electron chi connectivity index (χ4n) is 0. The van der Waals surface area contributed by atoms with Crippen LogP contribution in [0.15, 0.2) is 0 Å². The smallest absolute Gasteiger partial charge is 0.203 e. The Labute approximate surface area is 73.5 Å². The molecule has 49 valence electrons. The molecule has 0 aliphatic heterocycles. The van der Waals surface area contributed by atoms with Gasteiger partial charge in [0.15, 0.2) is 0 Å². The first-order valence-electron chi connectivity index (χ1n) is 2.39. The van der Waals surface area contributed by atoms with Gasteiger partial charge in [0.05, 0.1) is 0 Å². The Kier molecular flexibility index (Phi) is 10.6. The minimum atomic E-state index is -0.861. The van der Waals surface area contributed by atoms with Crippen molar-refractivity contribution >= 4 is 47.7 Å². The van der Waals surface area contributed by atoms with E-state index in [0.717, 1.165) is 0 Å². The van der Waals surface area contributed by atoms with E-state index in [2.05, 4.69) is 54.3 Å². The molecule has 0 spiro atoms. The van der Waals surface area contributed by atoms with Gasteiger partial charge in [-0.3, -0.25) is 0 Å². The first kappa shape index (κ1) is 12.4. The van der Waals surface area contributed by atoms with Crippen molar-refractivity contribution in [2.45, 2.75) is 19.6 Å². The van der Waals surface area contributed by atoms with Gasteiger partial charge in [0.25, 0.3) is 0 Å². The summed E-state index contributed by atoms with van der Waals surface area (Å²) in [5.41, 5.74) is 0. The molecular formula is C4H12AlBr2Si. The molecule has 0 saturated heterocycles. The average molecular weight is 275 g/mol. The van der Waals surface area contributed by atoms with E-state index in [0.29, 0.717) is 0 Å². The first-order chi connectivity index (χ1) is 3.41. The van der Waals surface area contributed by atoms with Gasteiger partial charge in [-0.2, -0.15) is 0 Å². The molecule has 0 nitrogen and oxygen atoms in total. The molecule has 8 heavy (non-hydrogen) atoms. The third-order valence-corrected chi connectivity index (χ3v) is 0. The zero-order chi connectivity index (χ0) is 7.21. The Morgan fingerprint density at radius 1 is 1.25 bits per heavy atom. The molecule has 0 aliphatic rings. The van der Waals surface area contributed by atoms with Crippen LogP contribution in [-0.4, -0.2) is 19.6 Å². The number of hydrogen-bond donors (Lipinski definition) is 0. The van der Waals surface area contributed by atoms with Crippen molar-refractivity contribution in [3.63, 3.8) is 0 Å². The molecule has 0 aromatic carbocycles. The second kappa shape index (κ2) is 6.82. The van der Waals surface area contributed by atoms with Crippen molar-refractivity contribution in [2.24, 2.45) is 0 Å². The average Bonchev–Trinajstić information content (AvgIpc) is 1.27. The van der Waals surface area contributed by atoms with Crippen LogP contribution in [0.5, 0.6) is 0 Å². The highest BCUT2D eigenvalue weighted by Gasteiger charge is 1.99. The van der Waals surface area contributed by atoms with Crippen LogP contribution in [0.2, 0.25) is 19.6 Å². The summed E-state index contributed by atoms with van der Waals surface area (Å²) < 4.78 is 0. The van der Waals surface area contributed by atoms with Gasteiger partial charge in [0.2, 0.25) is 0 Å². The van der Waals surface area contributed by atoms with E-state index in [4.69, 9.17) is 0 Å². The van der Waals surface area contributed by atoms with Gasteiger partial charge in [-0.05, 0) is 0 Å². The maximum atomic E-state index is 3.91. The third kappa shape index (κ3) is 119. The maximum Gasteiger partial charge on any atom is 0.435 e. The summed E-state index contributed by atoms with van der Waals surface area (Å²) in [6.45, 7) is 10.6. The molecule has 0 bridgehead atoms. The second-order valence-corrected chi connectivity index (χ2v) is 15.9. The van der Waals surface area contributed by atoms with Gasteiger partial charge < -0.3 is 0 Å². The molecule has 0 saturated carbocycles. The normalized spacial score (nSPS) is 9.25. The molecule has 0 fully saturated rings. The fourth-order valence-corrected chi connectivity index (χ4v) is 0. The second-order valence-electron chi connectivity index (χ2n) is 2.66. The number of halogens is 2. The quantitative estimate of drug-likeness (QED) is 0.596. The highest BCUT2D eigenvalue weighted by molar-refractivity contribution is 9.47. The summed E-state index contributed by atoms with van der Waals surface area (Å²) in [6.07, 6.45) is 0. The molecule has 0 heterocycles. The standard InChI is InChI=1S/C4H11Si.Al.2BrH.H/c1-5(2,3)4;;;;/h1H2,2-4H3;;2*1H;/q;+2;;;/p-2. The molecular weight excluding hydrogens is 263 g/mol. The van der Waals surface area contributed by atoms with Crippen LogP contribution in [-0.2, 0) is 0 Å². The van der Waals surface area contributed by atoms with E-state index in [1.54, 1.807) is 0 Å². The Morgan fingerprint density at radius 2 is 1.25 bits per heavy atom. The van der Waals surface area contributed by atoms with E-state index in [9.17, 15) is 0 Å². The van der Waals surface area contributed by atoms with Gasteiger partial charge in [0.1, 0.15) is 0 Å². The summed E-state index contributed by atoms with van der Waals surface area (Å²) in [5.74, 6) is 0. The lowest BCUT2D eigenvalue weighted by Crippen LogP contribution is -2.12. The van der Waals surface area contributed by atoms with Crippen LogP contribution in [0.1, 0.15) is 0 Å². The van der Waals surface area contributed by atoms with Crippen molar-refractivity contribution < 1.29 is 0 Å². The third-order valence-electron chi connectivity index (χ3n) is 0. The molecule has 0 unspecified atom stereocenters. The zero-order valence-electron chi connectivity index (χ0n) is 5.67. The van der Waals surface area contributed by atoms with Crippen molar-refractivity contribution in [2.75, 3.05) is 0 Å². The van der Waals surface area contributed by atoms with E-state index in [1.165, 1.54) is 0 Å². The summed E-state index contributed by atoms with van der Waals surface area (Å²) in [5, 5.41) is 0. The van der Waals surface area contributed by atoms with Gasteiger partial charge in [-0.25, -0.2) is 28.1 Å². The molecule has 0 aliphatic carbocycles. The largest absolute Gasteiger partial charge is 0.435 e. The van der Waals surface area contributed by atoms with Crippen LogP contribution in [0.25, 0.3) is 0 Å². The summed E-state index contributed by atoms with van der Waals surface area (Å²) >= 11 is 6.44. The number of rotatable bonds is 0. The van der Waals surface area contributed by atoms with Crippen molar-refractivity contribution in [3.8, 4) is 0 Å². The lowest BCUT2D eigenvalue weighted by molar-refractivity contribution is 1.78. The molecule has 0 aromatic heterocycles. The van der Waals surface area contributed by atoms with Crippen molar-refractivity contribution in [1.82, 2.24) is 0 Å². The lowest BCUT2D eigenvalue weighted by Gasteiger charge is -2.01. The van der Waals surface area contributed by atoms with E-state index in [1.807, 2.05) is 0 Å². The molecule has 0 aromatic rings. The molecule has 0 amide bonds. The zero-order valence-corrected chi connectivity index (χ0v) is 11.3. The molecule has 0 atom stereocenters. The van der Waals surface area contributed by atoms with Crippen LogP contribution in [0, 0.1) is 6.55 Å². The van der Waals surface area contributed by atoms with Crippen molar-refractivity contribution in [1.29, 1.82) is 0 Å². The van der Waals surface area contributed by atoms with E-state index >= 15 is 0 Å². The number of hydrogen-bond acceptors (Lipinski definition) is 0.